The van der Waals surface area contributed by atoms with E-state index in [4.69, 9.17) is 20.1 Å². The Balaban J connectivity index is 2.98. The van der Waals surface area contributed by atoms with Gasteiger partial charge >= 0.3 is 0 Å². The molecule has 0 unspecified atom stereocenters. The molecule has 0 radical (unpaired) electrons. The predicted molar refractivity (Wildman–Crippen MR) is 63.8 cm³/mol. The van der Waals surface area contributed by atoms with E-state index in [-0.39, 0.29) is 12.3 Å². The first-order valence-electron chi connectivity index (χ1n) is 5.47. The summed E-state index contributed by atoms with van der Waals surface area (Å²) in [5.41, 5.74) is 2.48. The molecule has 17 heavy (non-hydrogen) atoms. The van der Waals surface area contributed by atoms with Gasteiger partial charge in [0, 0.05) is 6.54 Å². The van der Waals surface area contributed by atoms with Crippen molar-refractivity contribution in [3.63, 3.8) is 0 Å². The van der Waals surface area contributed by atoms with Gasteiger partial charge in [-0.2, -0.15) is 0 Å². The van der Waals surface area contributed by atoms with Gasteiger partial charge in [0.25, 0.3) is 0 Å². The number of nitrogens with one attached hydrogen (secondary N) is 1. The summed E-state index contributed by atoms with van der Waals surface area (Å²) < 4.78 is 15.6. The molecule has 0 aliphatic carbocycles. The zero-order valence-corrected chi connectivity index (χ0v) is 10.0. The second kappa shape index (κ2) is 13.2. The number of nitrogens with zero attached hydrogens (tertiary/aromatic N) is 1. The molecule has 0 heterocycles. The molecular weight excluding hydrogens is 226 g/mol. The maximum atomic E-state index is 10.7. The standard InChI is InChI=1S/C10H21N3O4/c1-12-10(14)2-4-15-6-8-17-9-7-16-5-3-13-11/h13H,1-9,11H2. The number of aliphatic imine (C=N–C) groups is 1. The van der Waals surface area contributed by atoms with Gasteiger partial charge in [-0.25, -0.2) is 4.99 Å². The number of carbonyl (C=O) groups excluding carboxylic acids is 1. The van der Waals surface area contributed by atoms with Crippen LogP contribution in [0.4, 0.5) is 0 Å². The monoisotopic (exact) mass is 247 g/mol. The number of nitrogens with two attached hydrogens (primary N) is 1. The number of amides is 1. The third kappa shape index (κ3) is 13.1. The number of ether oxygens (including phenoxy) is 3. The van der Waals surface area contributed by atoms with Gasteiger partial charge in [0.05, 0.1) is 46.1 Å². The Kier molecular flexibility index (Phi) is 12.5. The summed E-state index contributed by atoms with van der Waals surface area (Å²) in [5, 5.41) is 0. The van der Waals surface area contributed by atoms with Crippen molar-refractivity contribution in [2.24, 2.45) is 10.8 Å². The molecule has 3 N–H and O–H groups in total. The van der Waals surface area contributed by atoms with E-state index in [1.807, 2.05) is 0 Å². The van der Waals surface area contributed by atoms with Crippen LogP contribution in [-0.2, 0) is 19.0 Å². The molecule has 0 saturated carbocycles. The average Bonchev–Trinajstić information content (AvgIpc) is 2.35. The van der Waals surface area contributed by atoms with E-state index in [9.17, 15) is 4.79 Å². The van der Waals surface area contributed by atoms with E-state index in [0.29, 0.717) is 46.2 Å². The maximum absolute atomic E-state index is 10.7. The van der Waals surface area contributed by atoms with Crippen LogP contribution in [0.1, 0.15) is 6.42 Å². The lowest BCUT2D eigenvalue weighted by Gasteiger charge is -2.06. The van der Waals surface area contributed by atoms with Crippen LogP contribution in [0, 0.1) is 0 Å². The molecule has 0 aliphatic rings. The normalized spacial score (nSPS) is 10.4. The number of hydrogen-bond acceptors (Lipinski definition) is 6. The van der Waals surface area contributed by atoms with Gasteiger partial charge in [-0.15, -0.1) is 0 Å². The van der Waals surface area contributed by atoms with Crippen molar-refractivity contribution in [1.82, 2.24) is 5.43 Å². The van der Waals surface area contributed by atoms with Gasteiger partial charge < -0.3 is 14.2 Å². The number of hydrazine groups is 1. The maximum Gasteiger partial charge on any atom is 0.247 e. The van der Waals surface area contributed by atoms with Crippen molar-refractivity contribution >= 4 is 12.6 Å². The molecule has 0 aromatic rings. The second-order valence-corrected chi connectivity index (χ2v) is 3.09. The van der Waals surface area contributed by atoms with Crippen molar-refractivity contribution in [2.75, 3.05) is 46.2 Å². The Morgan fingerprint density at radius 2 is 1.59 bits per heavy atom. The summed E-state index contributed by atoms with van der Waals surface area (Å²) in [5.74, 6) is 4.80. The van der Waals surface area contributed by atoms with Crippen molar-refractivity contribution in [3.05, 3.63) is 0 Å². The molecule has 1 amide bonds. The first kappa shape index (κ1) is 16.1. The molecule has 0 aliphatic heterocycles. The molecule has 0 bridgehead atoms. The highest BCUT2D eigenvalue weighted by Crippen LogP contribution is 1.87. The molecular formula is C10H21N3O4. The summed E-state index contributed by atoms with van der Waals surface area (Å²) in [4.78, 5) is 13.9. The molecule has 100 valence electrons. The highest BCUT2D eigenvalue weighted by molar-refractivity contribution is 5.80. The highest BCUT2D eigenvalue weighted by atomic mass is 16.5. The fourth-order valence-corrected chi connectivity index (χ4v) is 0.912. The number of rotatable bonds is 12. The van der Waals surface area contributed by atoms with Crippen molar-refractivity contribution in [3.8, 4) is 0 Å². The predicted octanol–water partition coefficient (Wildman–Crippen LogP) is -0.883. The molecule has 0 fully saturated rings. The Labute approximate surface area is 101 Å². The number of carbonyl (C=O) groups is 1. The zero-order chi connectivity index (χ0) is 12.8. The first-order chi connectivity index (χ1) is 8.31. The molecule has 0 saturated heterocycles. The van der Waals surface area contributed by atoms with Crippen LogP contribution >= 0.6 is 0 Å². The molecule has 7 heteroatoms. The van der Waals surface area contributed by atoms with E-state index in [1.54, 1.807) is 0 Å². The van der Waals surface area contributed by atoms with E-state index in [1.165, 1.54) is 0 Å². The fourth-order valence-electron chi connectivity index (χ4n) is 0.912. The molecule has 0 aromatic carbocycles. The van der Waals surface area contributed by atoms with Crippen LogP contribution in [0.25, 0.3) is 0 Å². The highest BCUT2D eigenvalue weighted by Gasteiger charge is 1.96. The number of hydrogen-bond donors (Lipinski definition) is 2. The van der Waals surface area contributed by atoms with Gasteiger partial charge in [0.2, 0.25) is 5.91 Å². The third-order valence-electron chi connectivity index (χ3n) is 1.77. The van der Waals surface area contributed by atoms with Crippen LogP contribution in [0.15, 0.2) is 4.99 Å². The summed E-state index contributed by atoms with van der Waals surface area (Å²) in [7, 11) is 0. The lowest BCUT2D eigenvalue weighted by molar-refractivity contribution is -0.118. The lowest BCUT2D eigenvalue weighted by atomic mass is 10.4. The SMILES string of the molecule is C=NC(=O)CCOCCOCCOCCNN. The van der Waals surface area contributed by atoms with Crippen LogP contribution in [0.2, 0.25) is 0 Å². The van der Waals surface area contributed by atoms with E-state index < -0.39 is 0 Å². The minimum absolute atomic E-state index is 0.257. The smallest absolute Gasteiger partial charge is 0.247 e. The van der Waals surface area contributed by atoms with E-state index in [0.717, 1.165) is 0 Å². The quantitative estimate of drug-likeness (QED) is 0.201. The van der Waals surface area contributed by atoms with Gasteiger partial charge in [-0.1, -0.05) is 0 Å². The Morgan fingerprint density at radius 1 is 1.06 bits per heavy atom. The topological polar surface area (TPSA) is 95.2 Å². The Hall–Kier alpha value is -0.860. The zero-order valence-electron chi connectivity index (χ0n) is 10.0. The second-order valence-electron chi connectivity index (χ2n) is 3.09. The minimum atomic E-state index is -0.257. The van der Waals surface area contributed by atoms with Gasteiger partial charge in [0.1, 0.15) is 0 Å². The Bertz CT molecular complexity index is 202. The van der Waals surface area contributed by atoms with Gasteiger partial charge in [-0.05, 0) is 6.72 Å². The van der Waals surface area contributed by atoms with E-state index >= 15 is 0 Å². The molecule has 0 aromatic heterocycles. The van der Waals surface area contributed by atoms with Crippen LogP contribution in [0.3, 0.4) is 0 Å². The summed E-state index contributed by atoms with van der Waals surface area (Å²) in [6.45, 7) is 6.63. The van der Waals surface area contributed by atoms with Crippen LogP contribution < -0.4 is 11.3 Å². The van der Waals surface area contributed by atoms with Gasteiger partial charge in [0.15, 0.2) is 0 Å². The minimum Gasteiger partial charge on any atom is -0.379 e. The summed E-state index contributed by atoms with van der Waals surface area (Å²) >= 11 is 0. The van der Waals surface area contributed by atoms with E-state index in [2.05, 4.69) is 17.1 Å². The Morgan fingerprint density at radius 3 is 2.12 bits per heavy atom. The summed E-state index contributed by atoms with van der Waals surface area (Å²) in [6, 6.07) is 0. The lowest BCUT2D eigenvalue weighted by Crippen LogP contribution is -2.26. The molecule has 7 nitrogen and oxygen atoms in total. The largest absolute Gasteiger partial charge is 0.379 e. The first-order valence-corrected chi connectivity index (χ1v) is 5.47. The van der Waals surface area contributed by atoms with Crippen LogP contribution in [0.5, 0.6) is 0 Å². The van der Waals surface area contributed by atoms with Crippen LogP contribution in [-0.4, -0.2) is 58.8 Å². The fraction of sp³-hybridized carbons (Fsp3) is 0.800. The third-order valence-corrected chi connectivity index (χ3v) is 1.77. The summed E-state index contributed by atoms with van der Waals surface area (Å²) in [6.07, 6.45) is 0.263. The van der Waals surface area contributed by atoms with Gasteiger partial charge in [-0.3, -0.25) is 16.1 Å². The molecule has 0 rings (SSSR count). The average molecular weight is 247 g/mol. The molecule has 0 spiro atoms. The molecule has 0 atom stereocenters. The van der Waals surface area contributed by atoms with Crippen molar-refractivity contribution in [1.29, 1.82) is 0 Å². The van der Waals surface area contributed by atoms with Crippen molar-refractivity contribution in [2.45, 2.75) is 6.42 Å². The van der Waals surface area contributed by atoms with Crippen molar-refractivity contribution < 1.29 is 19.0 Å².